The van der Waals surface area contributed by atoms with Crippen molar-refractivity contribution >= 4 is 17.3 Å². The fourth-order valence-corrected chi connectivity index (χ4v) is 2.31. The predicted octanol–water partition coefficient (Wildman–Crippen LogP) is 2.93. The first kappa shape index (κ1) is 12.5. The SMILES string of the molecule is c1ccc(-c2nc3cnccn3c2Nc2cnccn2)cc1. The summed E-state index contributed by atoms with van der Waals surface area (Å²) in [6.45, 7) is 0. The molecule has 4 rings (SSSR count). The van der Waals surface area contributed by atoms with E-state index in [0.717, 1.165) is 22.7 Å². The van der Waals surface area contributed by atoms with Crippen LogP contribution in [0.3, 0.4) is 0 Å². The summed E-state index contributed by atoms with van der Waals surface area (Å²) in [5, 5.41) is 3.29. The van der Waals surface area contributed by atoms with Crippen molar-refractivity contribution < 1.29 is 0 Å². The summed E-state index contributed by atoms with van der Waals surface area (Å²) in [6.07, 6.45) is 10.3. The van der Waals surface area contributed by atoms with Gasteiger partial charge in [-0.3, -0.25) is 14.4 Å². The maximum Gasteiger partial charge on any atom is 0.157 e. The number of fused-ring (bicyclic) bond motifs is 1. The van der Waals surface area contributed by atoms with Gasteiger partial charge >= 0.3 is 0 Å². The third-order valence-electron chi connectivity index (χ3n) is 3.29. The molecular formula is C16H12N6. The molecule has 0 saturated heterocycles. The molecule has 4 aromatic rings. The number of hydrogen-bond acceptors (Lipinski definition) is 5. The predicted molar refractivity (Wildman–Crippen MR) is 83.7 cm³/mol. The molecule has 106 valence electrons. The molecule has 0 aliphatic heterocycles. The van der Waals surface area contributed by atoms with Gasteiger partial charge < -0.3 is 5.32 Å². The largest absolute Gasteiger partial charge is 0.323 e. The van der Waals surface area contributed by atoms with E-state index in [0.29, 0.717) is 5.82 Å². The lowest BCUT2D eigenvalue weighted by molar-refractivity contribution is 1.12. The van der Waals surface area contributed by atoms with E-state index in [2.05, 4.69) is 25.3 Å². The second kappa shape index (κ2) is 5.25. The quantitative estimate of drug-likeness (QED) is 0.627. The van der Waals surface area contributed by atoms with E-state index in [9.17, 15) is 0 Å². The number of anilines is 2. The van der Waals surface area contributed by atoms with E-state index in [1.165, 1.54) is 0 Å². The molecule has 6 heteroatoms. The summed E-state index contributed by atoms with van der Waals surface area (Å²) in [6, 6.07) is 10.0. The third kappa shape index (κ3) is 2.16. The molecule has 0 fully saturated rings. The Labute approximate surface area is 126 Å². The van der Waals surface area contributed by atoms with Crippen LogP contribution < -0.4 is 5.32 Å². The van der Waals surface area contributed by atoms with E-state index < -0.39 is 0 Å². The summed E-state index contributed by atoms with van der Waals surface area (Å²) in [4.78, 5) is 17.1. The molecule has 0 atom stereocenters. The Morgan fingerprint density at radius 3 is 2.59 bits per heavy atom. The van der Waals surface area contributed by atoms with Crippen LogP contribution in [-0.4, -0.2) is 24.3 Å². The zero-order valence-electron chi connectivity index (χ0n) is 11.6. The first-order chi connectivity index (χ1) is 10.9. The van der Waals surface area contributed by atoms with Gasteiger partial charge in [0.05, 0.1) is 12.4 Å². The van der Waals surface area contributed by atoms with E-state index >= 15 is 0 Å². The highest BCUT2D eigenvalue weighted by atomic mass is 15.2. The fourth-order valence-electron chi connectivity index (χ4n) is 2.31. The topological polar surface area (TPSA) is 68.0 Å². The third-order valence-corrected chi connectivity index (χ3v) is 3.29. The molecule has 0 spiro atoms. The van der Waals surface area contributed by atoms with Gasteiger partial charge in [0.2, 0.25) is 0 Å². The second-order valence-corrected chi connectivity index (χ2v) is 4.70. The smallest absolute Gasteiger partial charge is 0.157 e. The van der Waals surface area contributed by atoms with E-state index in [4.69, 9.17) is 0 Å². The maximum absolute atomic E-state index is 4.67. The number of nitrogens with zero attached hydrogens (tertiary/aromatic N) is 5. The summed E-state index contributed by atoms with van der Waals surface area (Å²) in [5.41, 5.74) is 2.64. The first-order valence-corrected chi connectivity index (χ1v) is 6.82. The van der Waals surface area contributed by atoms with Gasteiger partial charge in [0.1, 0.15) is 17.3 Å². The first-order valence-electron chi connectivity index (χ1n) is 6.82. The van der Waals surface area contributed by atoms with Crippen molar-refractivity contribution in [2.45, 2.75) is 0 Å². The van der Waals surface area contributed by atoms with Crippen LogP contribution in [0.4, 0.5) is 11.6 Å². The Morgan fingerprint density at radius 2 is 1.77 bits per heavy atom. The molecule has 3 heterocycles. The summed E-state index contributed by atoms with van der Waals surface area (Å²) < 4.78 is 1.95. The lowest BCUT2D eigenvalue weighted by Crippen LogP contribution is -1.99. The lowest BCUT2D eigenvalue weighted by atomic mass is 10.1. The number of benzene rings is 1. The standard InChI is InChI=1S/C16H12N6/c1-2-4-12(5-3-1)15-16(20-13-10-17-6-7-19-13)22-9-8-18-11-14(22)21-15/h1-11H,(H,19,20). The highest BCUT2D eigenvalue weighted by molar-refractivity contribution is 5.78. The Balaban J connectivity index is 1.91. The van der Waals surface area contributed by atoms with Gasteiger partial charge in [0.25, 0.3) is 0 Å². The van der Waals surface area contributed by atoms with Crippen LogP contribution in [0.15, 0.2) is 67.5 Å². The van der Waals surface area contributed by atoms with Crippen molar-refractivity contribution in [3.63, 3.8) is 0 Å². The Hall–Kier alpha value is -3.28. The van der Waals surface area contributed by atoms with E-state index in [1.54, 1.807) is 31.0 Å². The molecular weight excluding hydrogens is 276 g/mol. The van der Waals surface area contributed by atoms with Gasteiger partial charge in [0, 0.05) is 30.4 Å². The lowest BCUT2D eigenvalue weighted by Gasteiger charge is -2.07. The maximum atomic E-state index is 4.67. The fraction of sp³-hybridized carbons (Fsp3) is 0. The zero-order chi connectivity index (χ0) is 14.8. The number of aromatic nitrogens is 5. The number of hydrogen-bond donors (Lipinski definition) is 1. The molecule has 0 aliphatic carbocycles. The van der Waals surface area contributed by atoms with Gasteiger partial charge in [0.15, 0.2) is 5.65 Å². The molecule has 6 nitrogen and oxygen atoms in total. The van der Waals surface area contributed by atoms with Crippen LogP contribution in [0.2, 0.25) is 0 Å². The number of nitrogens with one attached hydrogen (secondary N) is 1. The Bertz CT molecular complexity index is 902. The average molecular weight is 288 g/mol. The van der Waals surface area contributed by atoms with Crippen molar-refractivity contribution in [2.24, 2.45) is 0 Å². The minimum Gasteiger partial charge on any atom is -0.323 e. The second-order valence-electron chi connectivity index (χ2n) is 4.70. The summed E-state index contributed by atoms with van der Waals surface area (Å²) in [7, 11) is 0. The molecule has 0 unspecified atom stereocenters. The molecule has 0 saturated carbocycles. The van der Waals surface area contributed by atoms with Crippen molar-refractivity contribution in [3.8, 4) is 11.3 Å². The molecule has 3 aromatic heterocycles. The van der Waals surface area contributed by atoms with Crippen molar-refractivity contribution in [3.05, 3.63) is 67.5 Å². The van der Waals surface area contributed by atoms with Crippen LogP contribution in [0, 0.1) is 0 Å². The molecule has 1 aromatic carbocycles. The normalized spacial score (nSPS) is 10.7. The van der Waals surface area contributed by atoms with E-state index in [-0.39, 0.29) is 0 Å². The van der Waals surface area contributed by atoms with Crippen LogP contribution >= 0.6 is 0 Å². The highest BCUT2D eigenvalue weighted by Gasteiger charge is 2.14. The van der Waals surface area contributed by atoms with E-state index in [1.807, 2.05) is 40.9 Å². The minimum atomic E-state index is 0.665. The van der Waals surface area contributed by atoms with Crippen molar-refractivity contribution in [2.75, 3.05) is 5.32 Å². The van der Waals surface area contributed by atoms with Gasteiger partial charge in [-0.15, -0.1) is 0 Å². The summed E-state index contributed by atoms with van der Waals surface area (Å²) >= 11 is 0. The van der Waals surface area contributed by atoms with Gasteiger partial charge in [-0.25, -0.2) is 9.97 Å². The minimum absolute atomic E-state index is 0.665. The molecule has 1 N–H and O–H groups in total. The zero-order valence-corrected chi connectivity index (χ0v) is 11.6. The molecule has 0 bridgehead atoms. The average Bonchev–Trinajstić information content (AvgIpc) is 2.95. The molecule has 0 amide bonds. The molecule has 0 radical (unpaired) electrons. The molecule has 22 heavy (non-hydrogen) atoms. The molecule has 0 aliphatic rings. The highest BCUT2D eigenvalue weighted by Crippen LogP contribution is 2.29. The van der Waals surface area contributed by atoms with Gasteiger partial charge in [-0.1, -0.05) is 30.3 Å². The van der Waals surface area contributed by atoms with Gasteiger partial charge in [-0.2, -0.15) is 0 Å². The van der Waals surface area contributed by atoms with Gasteiger partial charge in [-0.05, 0) is 0 Å². The van der Waals surface area contributed by atoms with Crippen LogP contribution in [0.5, 0.6) is 0 Å². The van der Waals surface area contributed by atoms with Crippen LogP contribution in [0.25, 0.3) is 16.9 Å². The monoisotopic (exact) mass is 288 g/mol. The Kier molecular flexibility index (Phi) is 2.97. The van der Waals surface area contributed by atoms with Crippen molar-refractivity contribution in [1.29, 1.82) is 0 Å². The van der Waals surface area contributed by atoms with Crippen LogP contribution in [-0.2, 0) is 0 Å². The van der Waals surface area contributed by atoms with Crippen molar-refractivity contribution in [1.82, 2.24) is 24.3 Å². The Morgan fingerprint density at radius 1 is 0.909 bits per heavy atom. The number of rotatable bonds is 3. The van der Waals surface area contributed by atoms with Crippen LogP contribution in [0.1, 0.15) is 0 Å². The summed E-state index contributed by atoms with van der Waals surface area (Å²) in [5.74, 6) is 1.50. The number of imidazole rings is 1.